The van der Waals surface area contributed by atoms with Crippen molar-refractivity contribution >= 4 is 5.97 Å². The number of hydrogen-bond acceptors (Lipinski definition) is 4. The normalized spacial score (nSPS) is 11.9. The number of aliphatic hydroxyl groups is 1. The van der Waals surface area contributed by atoms with Crippen molar-refractivity contribution in [3.63, 3.8) is 0 Å². The van der Waals surface area contributed by atoms with Crippen LogP contribution in [-0.4, -0.2) is 22.7 Å². The number of carbonyl (C=O) groups is 1. The molecule has 0 aromatic carbocycles. The van der Waals surface area contributed by atoms with Gasteiger partial charge in [0.05, 0.1) is 6.10 Å². The lowest BCUT2D eigenvalue weighted by Crippen LogP contribution is -2.07. The van der Waals surface area contributed by atoms with Crippen molar-refractivity contribution in [2.24, 2.45) is 0 Å². The number of H-pyrrole nitrogens is 1. The highest BCUT2D eigenvalue weighted by atomic mass is 16.5. The third-order valence-corrected chi connectivity index (χ3v) is 2.39. The predicted octanol–water partition coefficient (Wildman–Crippen LogP) is 1.37. The Bertz CT molecular complexity index is 441. The van der Waals surface area contributed by atoms with Gasteiger partial charge in [0.1, 0.15) is 11.8 Å². The minimum Gasteiger partial charge on any atom is -0.446 e. The van der Waals surface area contributed by atoms with Gasteiger partial charge in [-0.3, -0.25) is 0 Å². The summed E-state index contributed by atoms with van der Waals surface area (Å²) in [6.07, 6.45) is -0.645. The van der Waals surface area contributed by atoms with Crippen molar-refractivity contribution in [2.75, 3.05) is 6.61 Å². The fraction of sp³-hybridized carbons (Fsp3) is 0.455. The second kappa shape index (κ2) is 4.81. The van der Waals surface area contributed by atoms with E-state index >= 15 is 0 Å². The summed E-state index contributed by atoms with van der Waals surface area (Å²) in [4.78, 5) is 14.4. The number of nitriles is 1. The Morgan fingerprint density at radius 1 is 1.62 bits per heavy atom. The molecule has 5 heteroatoms. The minimum atomic E-state index is -0.645. The molecule has 0 aliphatic carbocycles. The molecule has 0 bridgehead atoms. The van der Waals surface area contributed by atoms with Crippen LogP contribution in [0.15, 0.2) is 0 Å². The predicted molar refractivity (Wildman–Crippen MR) is 56.8 cm³/mol. The third kappa shape index (κ3) is 2.23. The van der Waals surface area contributed by atoms with E-state index in [1.54, 1.807) is 26.8 Å². The van der Waals surface area contributed by atoms with E-state index in [1.807, 2.05) is 0 Å². The van der Waals surface area contributed by atoms with Gasteiger partial charge in [0, 0.05) is 11.3 Å². The molecule has 0 radical (unpaired) electrons. The molecule has 1 rings (SSSR count). The molecule has 0 fully saturated rings. The van der Waals surface area contributed by atoms with Crippen LogP contribution in [0.1, 0.15) is 40.3 Å². The Balaban J connectivity index is 3.04. The van der Waals surface area contributed by atoms with Gasteiger partial charge in [-0.2, -0.15) is 5.26 Å². The van der Waals surface area contributed by atoms with Crippen molar-refractivity contribution in [1.82, 2.24) is 4.98 Å². The highest BCUT2D eigenvalue weighted by Crippen LogP contribution is 2.24. The highest BCUT2D eigenvalue weighted by Gasteiger charge is 2.20. The number of aryl methyl sites for hydroxylation is 1. The quantitative estimate of drug-likeness (QED) is 0.756. The molecule has 1 aromatic rings. The summed E-state index contributed by atoms with van der Waals surface area (Å²) in [5.41, 5.74) is 2.39. The monoisotopic (exact) mass is 222 g/mol. The fourth-order valence-corrected chi connectivity index (χ4v) is 1.77. The van der Waals surface area contributed by atoms with E-state index in [-0.39, 0.29) is 6.61 Å². The van der Waals surface area contributed by atoms with Crippen LogP contribution in [0, 0.1) is 25.2 Å². The number of rotatable bonds is 3. The molecule has 0 aliphatic heterocycles. The van der Waals surface area contributed by atoms with Crippen LogP contribution >= 0.6 is 0 Å². The molecular weight excluding hydrogens is 208 g/mol. The van der Waals surface area contributed by atoms with Gasteiger partial charge in [-0.1, -0.05) is 0 Å². The molecule has 0 saturated carbocycles. The van der Waals surface area contributed by atoms with Crippen LogP contribution in [0.25, 0.3) is 0 Å². The Hall–Kier alpha value is -1.80. The van der Waals surface area contributed by atoms with Gasteiger partial charge in [0.25, 0.3) is 0 Å². The van der Waals surface area contributed by atoms with E-state index in [4.69, 9.17) is 10.00 Å². The number of nitrogens with one attached hydrogen (secondary N) is 1. The van der Waals surface area contributed by atoms with Gasteiger partial charge in [-0.15, -0.1) is 0 Å². The number of esters is 1. The molecule has 0 aliphatic rings. The van der Waals surface area contributed by atoms with Gasteiger partial charge >= 0.3 is 5.97 Å². The van der Waals surface area contributed by atoms with Crippen LogP contribution < -0.4 is 0 Å². The van der Waals surface area contributed by atoms with Gasteiger partial charge in [-0.05, 0) is 26.3 Å². The first-order valence-corrected chi connectivity index (χ1v) is 4.90. The molecule has 1 atom stereocenters. The maximum absolute atomic E-state index is 11.5. The van der Waals surface area contributed by atoms with Crippen molar-refractivity contribution in [3.05, 3.63) is 22.5 Å². The Morgan fingerprint density at radius 3 is 2.69 bits per heavy atom. The number of aromatic amines is 1. The molecule has 1 heterocycles. The van der Waals surface area contributed by atoms with Crippen LogP contribution in [-0.2, 0) is 4.74 Å². The van der Waals surface area contributed by atoms with E-state index in [0.29, 0.717) is 16.8 Å². The molecule has 2 N–H and O–H groups in total. The summed E-state index contributed by atoms with van der Waals surface area (Å²) in [5, 5.41) is 17.8. The molecule has 86 valence electrons. The zero-order valence-corrected chi connectivity index (χ0v) is 9.50. The smallest absolute Gasteiger partial charge is 0.356 e. The first-order valence-electron chi connectivity index (χ1n) is 4.90. The molecule has 0 amide bonds. The number of ether oxygens (including phenoxy) is 1. The van der Waals surface area contributed by atoms with Gasteiger partial charge in [0.15, 0.2) is 6.61 Å². The topological polar surface area (TPSA) is 86.1 Å². The summed E-state index contributed by atoms with van der Waals surface area (Å²) in [6.45, 7) is 4.86. The molecule has 16 heavy (non-hydrogen) atoms. The minimum absolute atomic E-state index is 0.277. The maximum Gasteiger partial charge on any atom is 0.356 e. The maximum atomic E-state index is 11.5. The van der Waals surface area contributed by atoms with Crippen molar-refractivity contribution in [2.45, 2.75) is 26.9 Å². The lowest BCUT2D eigenvalue weighted by Gasteiger charge is -2.05. The Morgan fingerprint density at radius 2 is 2.25 bits per heavy atom. The number of aliphatic hydroxyl groups excluding tert-OH is 1. The summed E-state index contributed by atoms with van der Waals surface area (Å²) in [5.74, 6) is -0.575. The first-order chi connectivity index (χ1) is 7.49. The number of nitrogens with zero attached hydrogens (tertiary/aromatic N) is 1. The molecule has 5 nitrogen and oxygen atoms in total. The third-order valence-electron chi connectivity index (χ3n) is 2.39. The standard InChI is InChI=1S/C11H14N2O3/c1-6-9(8(3)14)7(2)13-10(6)11(15)16-5-4-12/h8,13-14H,5H2,1-3H3/t8-/m1/s1. The zero-order valence-electron chi connectivity index (χ0n) is 9.50. The molecule has 0 saturated heterocycles. The van der Waals surface area contributed by atoms with Gasteiger partial charge in [0.2, 0.25) is 0 Å². The zero-order chi connectivity index (χ0) is 12.3. The molecule has 0 unspecified atom stereocenters. The molecule has 1 aromatic heterocycles. The summed E-state index contributed by atoms with van der Waals surface area (Å²) in [6, 6.07) is 1.73. The average Bonchev–Trinajstić information content (AvgIpc) is 2.50. The number of hydrogen-bond donors (Lipinski definition) is 2. The van der Waals surface area contributed by atoms with Gasteiger partial charge < -0.3 is 14.8 Å². The second-order valence-electron chi connectivity index (χ2n) is 3.57. The molecule has 0 spiro atoms. The van der Waals surface area contributed by atoms with E-state index in [9.17, 15) is 9.90 Å². The van der Waals surface area contributed by atoms with Crippen molar-refractivity contribution in [3.8, 4) is 6.07 Å². The van der Waals surface area contributed by atoms with E-state index in [1.165, 1.54) is 0 Å². The van der Waals surface area contributed by atoms with E-state index in [0.717, 1.165) is 5.69 Å². The van der Waals surface area contributed by atoms with E-state index in [2.05, 4.69) is 4.98 Å². The first kappa shape index (κ1) is 12.3. The van der Waals surface area contributed by atoms with Crippen LogP contribution in [0.5, 0.6) is 0 Å². The van der Waals surface area contributed by atoms with E-state index < -0.39 is 12.1 Å². The summed E-state index contributed by atoms with van der Waals surface area (Å²) in [7, 11) is 0. The van der Waals surface area contributed by atoms with Crippen molar-refractivity contribution < 1.29 is 14.6 Å². The van der Waals surface area contributed by atoms with Crippen LogP contribution in [0.2, 0.25) is 0 Å². The van der Waals surface area contributed by atoms with Crippen LogP contribution in [0.4, 0.5) is 0 Å². The molecular formula is C11H14N2O3. The van der Waals surface area contributed by atoms with Gasteiger partial charge in [-0.25, -0.2) is 4.79 Å². The average molecular weight is 222 g/mol. The summed E-state index contributed by atoms with van der Waals surface area (Å²) < 4.78 is 4.69. The lowest BCUT2D eigenvalue weighted by atomic mass is 10.1. The number of carbonyl (C=O) groups excluding carboxylic acids is 1. The largest absolute Gasteiger partial charge is 0.446 e. The lowest BCUT2D eigenvalue weighted by molar-refractivity contribution is 0.0548. The summed E-state index contributed by atoms with van der Waals surface area (Å²) >= 11 is 0. The SMILES string of the molecule is Cc1[nH]c(C(=O)OCC#N)c(C)c1[C@@H](C)O. The Kier molecular flexibility index (Phi) is 3.69. The second-order valence-corrected chi connectivity index (χ2v) is 3.57. The highest BCUT2D eigenvalue weighted by molar-refractivity contribution is 5.90. The van der Waals surface area contributed by atoms with Crippen LogP contribution in [0.3, 0.4) is 0 Å². The fourth-order valence-electron chi connectivity index (χ4n) is 1.77. The van der Waals surface area contributed by atoms with Crippen molar-refractivity contribution in [1.29, 1.82) is 5.26 Å². The number of aromatic nitrogens is 1. The Labute approximate surface area is 93.7 Å².